The molecule has 1 aliphatic rings. The van der Waals surface area contributed by atoms with Crippen molar-refractivity contribution in [2.75, 3.05) is 19.6 Å². The van der Waals surface area contributed by atoms with Crippen LogP contribution in [0.4, 0.5) is 0 Å². The van der Waals surface area contributed by atoms with Gasteiger partial charge in [-0.25, -0.2) is 4.98 Å². The van der Waals surface area contributed by atoms with Crippen LogP contribution in [-0.2, 0) is 6.42 Å². The Morgan fingerprint density at radius 3 is 2.71 bits per heavy atom. The van der Waals surface area contributed by atoms with Crippen LogP contribution in [0.1, 0.15) is 44.1 Å². The van der Waals surface area contributed by atoms with Crippen LogP contribution < -0.4 is 0 Å². The average molecular weight is 282 g/mol. The Morgan fingerprint density at radius 2 is 2.05 bits per heavy atom. The molecule has 4 nitrogen and oxygen atoms in total. The Kier molecular flexibility index (Phi) is 3.94. The molecule has 0 amide bonds. The minimum atomic E-state index is 0.386. The molecule has 1 aromatic carbocycles. The number of imidazole rings is 1. The summed E-state index contributed by atoms with van der Waals surface area (Å²) in [5, 5.41) is 9.04. The van der Waals surface area contributed by atoms with Crippen LogP contribution in [0.15, 0.2) is 18.2 Å². The maximum Gasteiger partial charge on any atom is 0.111 e. The number of nitriles is 1. The summed E-state index contributed by atoms with van der Waals surface area (Å²) < 4.78 is 2.31. The third-order valence-electron chi connectivity index (χ3n) is 4.26. The highest BCUT2D eigenvalue weighted by Gasteiger charge is 2.16. The van der Waals surface area contributed by atoms with E-state index in [-0.39, 0.29) is 0 Å². The van der Waals surface area contributed by atoms with Crippen molar-refractivity contribution in [3.63, 3.8) is 0 Å². The molecule has 0 saturated carbocycles. The van der Waals surface area contributed by atoms with E-state index in [4.69, 9.17) is 10.2 Å². The van der Waals surface area contributed by atoms with Gasteiger partial charge in [0.1, 0.15) is 5.82 Å². The third-order valence-corrected chi connectivity index (χ3v) is 4.26. The quantitative estimate of drug-likeness (QED) is 0.865. The van der Waals surface area contributed by atoms with Crippen molar-refractivity contribution < 1.29 is 0 Å². The van der Waals surface area contributed by atoms with Crippen LogP contribution in [0.2, 0.25) is 0 Å². The van der Waals surface area contributed by atoms with Gasteiger partial charge in [0, 0.05) is 19.0 Å². The average Bonchev–Trinajstić information content (AvgIpc) is 3.10. The molecule has 0 N–H and O–H groups in total. The fraction of sp³-hybridized carbons (Fsp3) is 0.529. The Hall–Kier alpha value is -1.86. The van der Waals surface area contributed by atoms with Crippen LogP contribution in [0.3, 0.4) is 0 Å². The summed E-state index contributed by atoms with van der Waals surface area (Å²) in [5.41, 5.74) is 2.77. The highest BCUT2D eigenvalue weighted by molar-refractivity contribution is 5.78. The van der Waals surface area contributed by atoms with Gasteiger partial charge in [0.15, 0.2) is 0 Å². The standard InChI is InChI=1S/C17H22N4/c1-13(2)21-16-6-5-14(12-18)11-15(16)19-17(21)7-10-20-8-3-4-9-20/h5-6,11,13H,3-4,7-10H2,1-2H3. The molecule has 0 spiro atoms. The Balaban J connectivity index is 1.92. The number of aromatic nitrogens is 2. The second-order valence-corrected chi connectivity index (χ2v) is 6.11. The molecule has 1 saturated heterocycles. The van der Waals surface area contributed by atoms with Crippen molar-refractivity contribution in [1.82, 2.24) is 14.5 Å². The molecule has 1 aromatic heterocycles. The summed E-state index contributed by atoms with van der Waals surface area (Å²) in [5.74, 6) is 1.14. The Bertz CT molecular complexity index is 672. The van der Waals surface area contributed by atoms with E-state index in [2.05, 4.69) is 29.4 Å². The zero-order valence-corrected chi connectivity index (χ0v) is 12.8. The van der Waals surface area contributed by atoms with Crippen LogP contribution in [0.25, 0.3) is 11.0 Å². The molecule has 0 unspecified atom stereocenters. The van der Waals surface area contributed by atoms with E-state index in [1.165, 1.54) is 25.9 Å². The normalized spacial score (nSPS) is 15.9. The number of fused-ring (bicyclic) bond motifs is 1. The number of rotatable bonds is 4. The third kappa shape index (κ3) is 2.79. The molecule has 1 fully saturated rings. The van der Waals surface area contributed by atoms with Crippen LogP contribution in [-0.4, -0.2) is 34.1 Å². The summed E-state index contributed by atoms with van der Waals surface area (Å²) in [6.45, 7) is 7.92. The first-order chi connectivity index (χ1) is 10.2. The molecular weight excluding hydrogens is 260 g/mol. The second-order valence-electron chi connectivity index (χ2n) is 6.11. The Morgan fingerprint density at radius 1 is 1.29 bits per heavy atom. The van der Waals surface area contributed by atoms with E-state index >= 15 is 0 Å². The lowest BCUT2D eigenvalue weighted by atomic mass is 10.2. The van der Waals surface area contributed by atoms with Gasteiger partial charge in [0.2, 0.25) is 0 Å². The zero-order chi connectivity index (χ0) is 14.8. The molecule has 110 valence electrons. The van der Waals surface area contributed by atoms with Crippen molar-refractivity contribution in [2.24, 2.45) is 0 Å². The number of nitrogens with zero attached hydrogens (tertiary/aromatic N) is 4. The van der Waals surface area contributed by atoms with Gasteiger partial charge in [-0.2, -0.15) is 5.26 Å². The first-order valence-corrected chi connectivity index (χ1v) is 7.82. The highest BCUT2D eigenvalue weighted by atomic mass is 15.2. The number of likely N-dealkylation sites (tertiary alicyclic amines) is 1. The predicted molar refractivity (Wildman–Crippen MR) is 84.2 cm³/mol. The summed E-state index contributed by atoms with van der Waals surface area (Å²) in [7, 11) is 0. The van der Waals surface area contributed by atoms with Gasteiger partial charge in [0.25, 0.3) is 0 Å². The lowest BCUT2D eigenvalue weighted by Crippen LogP contribution is -2.23. The number of hydrogen-bond acceptors (Lipinski definition) is 3. The van der Waals surface area contributed by atoms with Gasteiger partial charge >= 0.3 is 0 Å². The molecule has 0 radical (unpaired) electrons. The SMILES string of the molecule is CC(C)n1c(CCN2CCCC2)nc2cc(C#N)ccc21. The van der Waals surface area contributed by atoms with Crippen LogP contribution in [0.5, 0.6) is 0 Å². The van der Waals surface area contributed by atoms with Crippen molar-refractivity contribution >= 4 is 11.0 Å². The number of benzene rings is 1. The van der Waals surface area contributed by atoms with Crippen LogP contribution in [0, 0.1) is 11.3 Å². The van der Waals surface area contributed by atoms with Gasteiger partial charge in [-0.05, 0) is 58.0 Å². The topological polar surface area (TPSA) is 44.9 Å². The van der Waals surface area contributed by atoms with Crippen molar-refractivity contribution in [3.05, 3.63) is 29.6 Å². The van der Waals surface area contributed by atoms with Gasteiger partial charge in [-0.1, -0.05) is 0 Å². The van der Waals surface area contributed by atoms with Crippen LogP contribution >= 0.6 is 0 Å². The first-order valence-electron chi connectivity index (χ1n) is 7.82. The first kappa shape index (κ1) is 14.1. The molecule has 1 aliphatic heterocycles. The van der Waals surface area contributed by atoms with Crippen molar-refractivity contribution in [1.29, 1.82) is 5.26 Å². The second kappa shape index (κ2) is 5.87. The fourth-order valence-electron chi connectivity index (χ4n) is 3.24. The molecule has 0 aliphatic carbocycles. The summed E-state index contributed by atoms with van der Waals surface area (Å²) in [4.78, 5) is 7.31. The minimum Gasteiger partial charge on any atom is -0.325 e. The van der Waals surface area contributed by atoms with Crippen molar-refractivity contribution in [3.8, 4) is 6.07 Å². The molecular formula is C17H22N4. The molecule has 2 heterocycles. The fourth-order valence-corrected chi connectivity index (χ4v) is 3.24. The van der Waals surface area contributed by atoms with E-state index in [1.807, 2.05) is 18.2 Å². The van der Waals surface area contributed by atoms with Gasteiger partial charge in [-0.3, -0.25) is 0 Å². The zero-order valence-electron chi connectivity index (χ0n) is 12.8. The predicted octanol–water partition coefficient (Wildman–Crippen LogP) is 3.13. The highest BCUT2D eigenvalue weighted by Crippen LogP contribution is 2.23. The summed E-state index contributed by atoms with van der Waals surface area (Å²) >= 11 is 0. The van der Waals surface area contributed by atoms with E-state index in [9.17, 15) is 0 Å². The molecule has 0 atom stereocenters. The maximum atomic E-state index is 9.04. The molecule has 4 heteroatoms. The summed E-state index contributed by atoms with van der Waals surface area (Å²) in [6.07, 6.45) is 3.63. The lowest BCUT2D eigenvalue weighted by Gasteiger charge is -2.17. The van der Waals surface area contributed by atoms with Crippen molar-refractivity contribution in [2.45, 2.75) is 39.2 Å². The monoisotopic (exact) mass is 282 g/mol. The van der Waals surface area contributed by atoms with E-state index < -0.39 is 0 Å². The molecule has 2 aromatic rings. The Labute approximate surface area is 126 Å². The van der Waals surface area contributed by atoms with Gasteiger partial charge in [0.05, 0.1) is 22.7 Å². The molecule has 3 rings (SSSR count). The minimum absolute atomic E-state index is 0.386. The van der Waals surface area contributed by atoms with Gasteiger partial charge in [-0.15, -0.1) is 0 Å². The largest absolute Gasteiger partial charge is 0.325 e. The van der Waals surface area contributed by atoms with E-state index in [0.29, 0.717) is 11.6 Å². The maximum absolute atomic E-state index is 9.04. The molecule has 0 bridgehead atoms. The van der Waals surface area contributed by atoms with E-state index in [1.54, 1.807) is 0 Å². The van der Waals surface area contributed by atoms with Gasteiger partial charge < -0.3 is 9.47 Å². The number of hydrogen-bond donors (Lipinski definition) is 0. The molecule has 21 heavy (non-hydrogen) atoms. The summed E-state index contributed by atoms with van der Waals surface area (Å²) in [6, 6.07) is 8.39. The lowest BCUT2D eigenvalue weighted by molar-refractivity contribution is 0.338. The smallest absolute Gasteiger partial charge is 0.111 e. The van der Waals surface area contributed by atoms with E-state index in [0.717, 1.165) is 29.8 Å².